The maximum Gasteiger partial charge on any atom is 0.326 e. The first-order chi connectivity index (χ1) is 14.5. The average Bonchev–Trinajstić information content (AvgIpc) is 2.72. The average molecular weight is 465 g/mol. The number of amides is 3. The SMILES string of the molecule is CCC(C)C(NC(=O)C(CCSC)NC(=O)C(N)CO)C(=O)NC(CC(=O)O)C(=O)O. The van der Waals surface area contributed by atoms with Crippen LogP contribution < -0.4 is 21.7 Å². The van der Waals surface area contributed by atoms with Gasteiger partial charge in [0.1, 0.15) is 24.2 Å². The molecule has 0 radical (unpaired) electrons. The second kappa shape index (κ2) is 14.6. The summed E-state index contributed by atoms with van der Waals surface area (Å²) in [6.45, 7) is 2.81. The van der Waals surface area contributed by atoms with Crippen LogP contribution in [-0.4, -0.2) is 87.8 Å². The molecule has 0 aliphatic carbocycles. The molecule has 3 amide bonds. The van der Waals surface area contributed by atoms with Gasteiger partial charge in [-0.1, -0.05) is 20.3 Å². The summed E-state index contributed by atoms with van der Waals surface area (Å²) in [7, 11) is 0. The highest BCUT2D eigenvalue weighted by atomic mass is 32.2. The molecule has 13 heteroatoms. The number of thioether (sulfide) groups is 1. The quantitative estimate of drug-likeness (QED) is 0.143. The van der Waals surface area contributed by atoms with Crippen molar-refractivity contribution >= 4 is 41.4 Å². The minimum atomic E-state index is -1.66. The van der Waals surface area contributed by atoms with Crippen molar-refractivity contribution in [2.24, 2.45) is 11.7 Å². The molecule has 0 saturated carbocycles. The number of carboxylic acids is 2. The summed E-state index contributed by atoms with van der Waals surface area (Å²) in [4.78, 5) is 59.6. The molecule has 0 rings (SSSR count). The Morgan fingerprint density at radius 3 is 2.00 bits per heavy atom. The van der Waals surface area contributed by atoms with E-state index in [4.69, 9.17) is 21.1 Å². The van der Waals surface area contributed by atoms with E-state index >= 15 is 0 Å². The van der Waals surface area contributed by atoms with Crippen LogP contribution in [0, 0.1) is 5.92 Å². The lowest BCUT2D eigenvalue weighted by molar-refractivity contribution is -0.147. The first kappa shape index (κ1) is 28.6. The molecule has 0 aliphatic rings. The second-order valence-electron chi connectivity index (χ2n) is 7.00. The third-order valence-corrected chi connectivity index (χ3v) is 5.21. The summed E-state index contributed by atoms with van der Waals surface area (Å²) >= 11 is 1.43. The lowest BCUT2D eigenvalue weighted by Crippen LogP contribution is -2.59. The first-order valence-corrected chi connectivity index (χ1v) is 11.1. The molecule has 178 valence electrons. The Labute approximate surface area is 184 Å². The van der Waals surface area contributed by atoms with Crippen LogP contribution in [0.15, 0.2) is 0 Å². The molecular formula is C18H32N4O8S. The third kappa shape index (κ3) is 10.5. The number of carbonyl (C=O) groups excluding carboxylic acids is 3. The lowest BCUT2D eigenvalue weighted by atomic mass is 9.97. The van der Waals surface area contributed by atoms with Crippen LogP contribution >= 0.6 is 11.8 Å². The molecule has 12 nitrogen and oxygen atoms in total. The molecule has 31 heavy (non-hydrogen) atoms. The number of nitrogens with two attached hydrogens (primary N) is 1. The van der Waals surface area contributed by atoms with Gasteiger partial charge in [-0.15, -0.1) is 0 Å². The molecule has 0 aromatic carbocycles. The number of aliphatic hydroxyl groups excluding tert-OH is 1. The van der Waals surface area contributed by atoms with Gasteiger partial charge in [-0.05, 0) is 24.3 Å². The zero-order chi connectivity index (χ0) is 24.1. The Balaban J connectivity index is 5.49. The van der Waals surface area contributed by atoms with E-state index in [1.165, 1.54) is 11.8 Å². The predicted octanol–water partition coefficient (Wildman–Crippen LogP) is -1.88. The van der Waals surface area contributed by atoms with Crippen LogP contribution in [0.5, 0.6) is 0 Å². The van der Waals surface area contributed by atoms with E-state index in [0.29, 0.717) is 12.2 Å². The number of hydrogen-bond donors (Lipinski definition) is 7. The van der Waals surface area contributed by atoms with Crippen molar-refractivity contribution in [3.63, 3.8) is 0 Å². The van der Waals surface area contributed by atoms with Crippen LogP contribution in [-0.2, 0) is 24.0 Å². The number of aliphatic hydroxyl groups is 1. The zero-order valence-corrected chi connectivity index (χ0v) is 18.6. The number of aliphatic carboxylic acids is 2. The van der Waals surface area contributed by atoms with Gasteiger partial charge in [0.05, 0.1) is 13.0 Å². The summed E-state index contributed by atoms with van der Waals surface area (Å²) < 4.78 is 0. The first-order valence-electron chi connectivity index (χ1n) is 9.69. The van der Waals surface area contributed by atoms with Crippen LogP contribution in [0.1, 0.15) is 33.1 Å². The Morgan fingerprint density at radius 1 is 0.968 bits per heavy atom. The van der Waals surface area contributed by atoms with E-state index in [1.54, 1.807) is 20.1 Å². The summed E-state index contributed by atoms with van der Waals surface area (Å²) in [6, 6.07) is -5.08. The summed E-state index contributed by atoms with van der Waals surface area (Å²) in [5, 5.41) is 34.1. The Bertz CT molecular complexity index is 648. The number of carbonyl (C=O) groups is 5. The molecule has 0 spiro atoms. The highest BCUT2D eigenvalue weighted by Crippen LogP contribution is 2.11. The van der Waals surface area contributed by atoms with Gasteiger partial charge in [0.25, 0.3) is 0 Å². The Morgan fingerprint density at radius 2 is 1.55 bits per heavy atom. The van der Waals surface area contributed by atoms with Gasteiger partial charge in [-0.2, -0.15) is 11.8 Å². The predicted molar refractivity (Wildman–Crippen MR) is 113 cm³/mol. The van der Waals surface area contributed by atoms with Gasteiger partial charge in [-0.3, -0.25) is 19.2 Å². The van der Waals surface area contributed by atoms with E-state index in [-0.39, 0.29) is 6.42 Å². The van der Waals surface area contributed by atoms with E-state index in [1.807, 2.05) is 0 Å². The molecular weight excluding hydrogens is 432 g/mol. The van der Waals surface area contributed by atoms with Crippen molar-refractivity contribution in [2.75, 3.05) is 18.6 Å². The maximum absolute atomic E-state index is 12.8. The van der Waals surface area contributed by atoms with Crippen LogP contribution in [0.3, 0.4) is 0 Å². The monoisotopic (exact) mass is 464 g/mol. The smallest absolute Gasteiger partial charge is 0.326 e. The second-order valence-corrected chi connectivity index (χ2v) is 7.99. The maximum atomic E-state index is 12.8. The van der Waals surface area contributed by atoms with Gasteiger partial charge >= 0.3 is 11.9 Å². The van der Waals surface area contributed by atoms with Gasteiger partial charge in [-0.25, -0.2) is 4.79 Å². The fourth-order valence-electron chi connectivity index (χ4n) is 2.46. The van der Waals surface area contributed by atoms with Crippen molar-refractivity contribution < 1.29 is 39.3 Å². The molecule has 0 saturated heterocycles. The van der Waals surface area contributed by atoms with Crippen LogP contribution in [0.2, 0.25) is 0 Å². The van der Waals surface area contributed by atoms with Crippen molar-refractivity contribution in [1.29, 1.82) is 0 Å². The van der Waals surface area contributed by atoms with Crippen molar-refractivity contribution in [3.8, 4) is 0 Å². The number of carboxylic acid groups (broad SMARTS) is 2. The molecule has 0 aliphatic heterocycles. The highest BCUT2D eigenvalue weighted by molar-refractivity contribution is 7.98. The number of nitrogens with one attached hydrogen (secondary N) is 3. The van der Waals surface area contributed by atoms with Gasteiger partial charge in [0, 0.05) is 0 Å². The fourth-order valence-corrected chi connectivity index (χ4v) is 2.93. The van der Waals surface area contributed by atoms with Crippen molar-refractivity contribution in [2.45, 2.75) is 57.3 Å². The van der Waals surface area contributed by atoms with Crippen molar-refractivity contribution in [3.05, 3.63) is 0 Å². The Kier molecular flexibility index (Phi) is 13.5. The minimum absolute atomic E-state index is 0.225. The molecule has 5 unspecified atom stereocenters. The summed E-state index contributed by atoms with van der Waals surface area (Å²) in [5.74, 6) is -5.10. The molecule has 0 heterocycles. The van der Waals surface area contributed by atoms with Gasteiger partial charge < -0.3 is 37.0 Å². The van der Waals surface area contributed by atoms with Crippen molar-refractivity contribution in [1.82, 2.24) is 16.0 Å². The number of hydrogen-bond acceptors (Lipinski definition) is 8. The lowest BCUT2D eigenvalue weighted by Gasteiger charge is -2.27. The molecule has 0 aromatic rings. The Hall–Kier alpha value is -2.38. The van der Waals surface area contributed by atoms with Gasteiger partial charge in [0.2, 0.25) is 17.7 Å². The van der Waals surface area contributed by atoms with E-state index < -0.39 is 72.8 Å². The minimum Gasteiger partial charge on any atom is -0.481 e. The van der Waals surface area contributed by atoms with Gasteiger partial charge in [0.15, 0.2) is 0 Å². The molecule has 0 bridgehead atoms. The zero-order valence-electron chi connectivity index (χ0n) is 17.8. The summed E-state index contributed by atoms with van der Waals surface area (Å²) in [5.41, 5.74) is 5.47. The molecule has 8 N–H and O–H groups in total. The van der Waals surface area contributed by atoms with E-state index in [2.05, 4.69) is 16.0 Å². The molecule has 0 fully saturated rings. The third-order valence-electron chi connectivity index (χ3n) is 4.56. The fraction of sp³-hybridized carbons (Fsp3) is 0.722. The van der Waals surface area contributed by atoms with Crippen LogP contribution in [0.25, 0.3) is 0 Å². The largest absolute Gasteiger partial charge is 0.481 e. The standard InChI is InChI=1S/C18H32N4O8S/c1-4-9(2)14(17(28)21-12(18(29)30)7-13(24)25)22-16(27)11(5-6-31-3)20-15(26)10(19)8-23/h9-12,14,23H,4-8,19H2,1-3H3,(H,20,26)(H,21,28)(H,22,27)(H,24,25)(H,29,30). The highest BCUT2D eigenvalue weighted by Gasteiger charge is 2.33. The topological polar surface area (TPSA) is 208 Å². The van der Waals surface area contributed by atoms with E-state index in [9.17, 15) is 24.0 Å². The number of rotatable bonds is 15. The molecule has 0 aromatic heterocycles. The summed E-state index contributed by atoms with van der Waals surface area (Å²) in [6.07, 6.45) is 1.66. The normalized spacial score (nSPS) is 15.6. The van der Waals surface area contributed by atoms with Crippen LogP contribution in [0.4, 0.5) is 0 Å². The molecule has 5 atom stereocenters. The van der Waals surface area contributed by atoms with E-state index in [0.717, 1.165) is 0 Å².